The van der Waals surface area contributed by atoms with Crippen molar-refractivity contribution in [3.8, 4) is 67.9 Å². The number of fused-ring (bicyclic) bond motifs is 4. The van der Waals surface area contributed by atoms with E-state index < -0.39 is 0 Å². The van der Waals surface area contributed by atoms with Gasteiger partial charge in [0.05, 0.1) is 11.4 Å². The molecule has 2 aliphatic heterocycles. The van der Waals surface area contributed by atoms with Crippen LogP contribution in [0.4, 0.5) is 17.1 Å². The smallest absolute Gasteiger partial charge is 0.164 e. The first kappa shape index (κ1) is 37.4. The van der Waals surface area contributed by atoms with Gasteiger partial charge >= 0.3 is 0 Å². The SMILES string of the molecule is CC1(C)c2ccc(-c3ccc(-c4nc(-c5ccccc5)nc(-c5ccccc5)n4)cc3)cc2Oc2cc(-c3cccc(N4c5ccccc5C(C)(C)c5ccccc54)c3)ccc21. The van der Waals surface area contributed by atoms with E-state index in [9.17, 15) is 0 Å². The van der Waals surface area contributed by atoms with Crippen LogP contribution in [-0.2, 0) is 10.8 Å². The highest BCUT2D eigenvalue weighted by Gasteiger charge is 2.37. The molecular formula is C57H44N4O. The average Bonchev–Trinajstić information content (AvgIpc) is 3.32. The van der Waals surface area contributed by atoms with Crippen LogP contribution in [0.15, 0.2) is 194 Å². The van der Waals surface area contributed by atoms with Crippen LogP contribution in [0.3, 0.4) is 0 Å². The van der Waals surface area contributed by atoms with Crippen LogP contribution in [0.2, 0.25) is 0 Å². The molecular weight excluding hydrogens is 757 g/mol. The lowest BCUT2D eigenvalue weighted by Gasteiger charge is -2.42. The van der Waals surface area contributed by atoms with E-state index >= 15 is 0 Å². The summed E-state index contributed by atoms with van der Waals surface area (Å²) in [5.74, 6) is 3.68. The predicted molar refractivity (Wildman–Crippen MR) is 252 cm³/mol. The number of anilines is 3. The molecule has 0 atom stereocenters. The van der Waals surface area contributed by atoms with Crippen molar-refractivity contribution in [2.24, 2.45) is 0 Å². The topological polar surface area (TPSA) is 51.1 Å². The van der Waals surface area contributed by atoms with Crippen molar-refractivity contribution in [1.29, 1.82) is 0 Å². The standard InChI is InChI=1S/C57H44N4O/c1-56(2)45-22-11-13-24-49(45)61(50-25-14-12-23-46(50)56)44-21-15-20-41(34-44)43-31-33-48-52(36-43)62-51-35-42(30-32-47(51)57(48,3)4)37-26-28-40(29-27-37)55-59-53(38-16-7-5-8-17-38)58-54(60-55)39-18-9-6-10-19-39/h5-36H,1-4H3. The van der Waals surface area contributed by atoms with E-state index in [1.54, 1.807) is 0 Å². The second-order valence-corrected chi connectivity index (χ2v) is 17.3. The first-order valence-corrected chi connectivity index (χ1v) is 21.3. The molecule has 0 amide bonds. The summed E-state index contributed by atoms with van der Waals surface area (Å²) in [5, 5.41) is 0. The summed E-state index contributed by atoms with van der Waals surface area (Å²) in [5.41, 5.74) is 15.4. The molecule has 9 aromatic rings. The maximum Gasteiger partial charge on any atom is 0.164 e. The first-order chi connectivity index (χ1) is 30.2. The molecule has 298 valence electrons. The molecule has 0 saturated carbocycles. The molecule has 0 aliphatic carbocycles. The van der Waals surface area contributed by atoms with Gasteiger partial charge in [0.1, 0.15) is 11.5 Å². The lowest BCUT2D eigenvalue weighted by Crippen LogP contribution is -2.30. The summed E-state index contributed by atoms with van der Waals surface area (Å²) in [7, 11) is 0. The van der Waals surface area contributed by atoms with Crippen molar-refractivity contribution in [2.75, 3.05) is 4.90 Å². The molecule has 2 aliphatic rings. The molecule has 3 heterocycles. The lowest BCUT2D eigenvalue weighted by atomic mass is 9.73. The van der Waals surface area contributed by atoms with Crippen LogP contribution >= 0.6 is 0 Å². The monoisotopic (exact) mass is 800 g/mol. The minimum Gasteiger partial charge on any atom is -0.457 e. The van der Waals surface area contributed by atoms with Gasteiger partial charge in [0.25, 0.3) is 0 Å². The maximum absolute atomic E-state index is 6.87. The number of para-hydroxylation sites is 2. The molecule has 11 rings (SSSR count). The molecule has 0 radical (unpaired) electrons. The summed E-state index contributed by atoms with van der Waals surface area (Å²) in [6.45, 7) is 9.23. The van der Waals surface area contributed by atoms with Gasteiger partial charge in [-0.05, 0) is 69.8 Å². The fourth-order valence-electron chi connectivity index (χ4n) is 9.39. The van der Waals surface area contributed by atoms with Gasteiger partial charge in [0.15, 0.2) is 17.5 Å². The molecule has 0 saturated heterocycles. The Morgan fingerprint density at radius 2 is 0.726 bits per heavy atom. The van der Waals surface area contributed by atoms with Crippen LogP contribution < -0.4 is 9.64 Å². The van der Waals surface area contributed by atoms with Crippen LogP contribution in [0.5, 0.6) is 11.5 Å². The summed E-state index contributed by atoms with van der Waals surface area (Å²) >= 11 is 0. The van der Waals surface area contributed by atoms with Gasteiger partial charge in [0, 0.05) is 44.3 Å². The van der Waals surface area contributed by atoms with Crippen LogP contribution in [-0.4, -0.2) is 15.0 Å². The highest BCUT2D eigenvalue weighted by Crippen LogP contribution is 2.53. The van der Waals surface area contributed by atoms with E-state index in [0.717, 1.165) is 61.7 Å². The molecule has 0 N–H and O–H groups in total. The predicted octanol–water partition coefficient (Wildman–Crippen LogP) is 14.7. The van der Waals surface area contributed by atoms with Crippen molar-refractivity contribution in [2.45, 2.75) is 38.5 Å². The Bertz CT molecular complexity index is 3050. The zero-order valence-corrected chi connectivity index (χ0v) is 35.2. The third kappa shape index (κ3) is 6.28. The van der Waals surface area contributed by atoms with Gasteiger partial charge < -0.3 is 9.64 Å². The molecule has 0 bridgehead atoms. The summed E-state index contributed by atoms with van der Waals surface area (Å²) < 4.78 is 6.87. The van der Waals surface area contributed by atoms with E-state index in [-0.39, 0.29) is 10.8 Å². The van der Waals surface area contributed by atoms with Crippen LogP contribution in [0.1, 0.15) is 49.9 Å². The third-order valence-electron chi connectivity index (χ3n) is 12.8. The minimum atomic E-state index is -0.259. The Kier molecular flexibility index (Phi) is 8.76. The number of ether oxygens (including phenoxy) is 1. The van der Waals surface area contributed by atoms with Crippen LogP contribution in [0, 0.1) is 0 Å². The molecule has 62 heavy (non-hydrogen) atoms. The largest absolute Gasteiger partial charge is 0.457 e. The van der Waals surface area contributed by atoms with Crippen molar-refractivity contribution >= 4 is 17.1 Å². The summed E-state index contributed by atoms with van der Waals surface area (Å²) in [4.78, 5) is 17.1. The van der Waals surface area contributed by atoms with Crippen molar-refractivity contribution < 1.29 is 4.74 Å². The van der Waals surface area contributed by atoms with Gasteiger partial charge in [-0.25, -0.2) is 15.0 Å². The second kappa shape index (κ2) is 14.5. The Balaban J connectivity index is 0.910. The lowest BCUT2D eigenvalue weighted by molar-refractivity contribution is 0.418. The van der Waals surface area contributed by atoms with Gasteiger partial charge in [-0.1, -0.05) is 185 Å². The molecule has 0 unspecified atom stereocenters. The highest BCUT2D eigenvalue weighted by molar-refractivity contribution is 5.87. The second-order valence-electron chi connectivity index (χ2n) is 17.3. The molecule has 0 fully saturated rings. The van der Waals surface area contributed by atoms with Crippen LogP contribution in [0.25, 0.3) is 56.4 Å². The molecule has 5 nitrogen and oxygen atoms in total. The average molecular weight is 801 g/mol. The van der Waals surface area contributed by atoms with Crippen molar-refractivity contribution in [1.82, 2.24) is 15.0 Å². The molecule has 8 aromatic carbocycles. The summed E-state index contributed by atoms with van der Waals surface area (Å²) in [6, 6.07) is 68.4. The fraction of sp³-hybridized carbons (Fsp3) is 0.105. The number of hydrogen-bond donors (Lipinski definition) is 0. The zero-order chi connectivity index (χ0) is 42.0. The number of benzene rings is 8. The van der Waals surface area contributed by atoms with E-state index in [0.29, 0.717) is 17.5 Å². The first-order valence-electron chi connectivity index (χ1n) is 21.3. The van der Waals surface area contributed by atoms with E-state index in [4.69, 9.17) is 19.7 Å². The quantitative estimate of drug-likeness (QED) is 0.168. The van der Waals surface area contributed by atoms with Crippen molar-refractivity contribution in [3.63, 3.8) is 0 Å². The Morgan fingerprint density at radius 1 is 0.339 bits per heavy atom. The van der Waals surface area contributed by atoms with E-state index in [1.165, 1.54) is 28.1 Å². The van der Waals surface area contributed by atoms with Gasteiger partial charge in [0.2, 0.25) is 0 Å². The van der Waals surface area contributed by atoms with E-state index in [1.807, 2.05) is 60.7 Å². The van der Waals surface area contributed by atoms with E-state index in [2.05, 4.69) is 166 Å². The molecule has 0 spiro atoms. The zero-order valence-electron chi connectivity index (χ0n) is 35.2. The van der Waals surface area contributed by atoms with Gasteiger partial charge in [-0.2, -0.15) is 0 Å². The Hall–Kier alpha value is -7.63. The number of hydrogen-bond acceptors (Lipinski definition) is 5. The van der Waals surface area contributed by atoms with Gasteiger partial charge in [-0.15, -0.1) is 0 Å². The maximum atomic E-state index is 6.87. The third-order valence-corrected chi connectivity index (χ3v) is 12.8. The fourth-order valence-corrected chi connectivity index (χ4v) is 9.39. The summed E-state index contributed by atoms with van der Waals surface area (Å²) in [6.07, 6.45) is 0. The minimum absolute atomic E-state index is 0.112. The molecule has 5 heteroatoms. The number of rotatable bonds is 6. The number of nitrogens with zero attached hydrogens (tertiary/aromatic N) is 4. The normalized spacial score (nSPS) is 14.2. The highest BCUT2D eigenvalue weighted by atomic mass is 16.5. The number of aromatic nitrogens is 3. The molecule has 1 aromatic heterocycles. The Labute approximate surface area is 363 Å². The van der Waals surface area contributed by atoms with Gasteiger partial charge in [-0.3, -0.25) is 0 Å². The Morgan fingerprint density at radius 3 is 1.26 bits per heavy atom. The van der Waals surface area contributed by atoms with Crippen molar-refractivity contribution in [3.05, 3.63) is 216 Å².